The normalized spacial score (nSPS) is 15.3. The maximum atomic E-state index is 15.2. The second-order valence-electron chi connectivity index (χ2n) is 13.6. The van der Waals surface area contributed by atoms with E-state index < -0.39 is 0 Å². The summed E-state index contributed by atoms with van der Waals surface area (Å²) < 4.78 is 21.8. The zero-order valence-electron chi connectivity index (χ0n) is 29.5. The van der Waals surface area contributed by atoms with Crippen LogP contribution in [0.5, 0.6) is 11.8 Å². The molecule has 0 bridgehead atoms. The molecule has 1 aliphatic rings. The van der Waals surface area contributed by atoms with Crippen LogP contribution in [0, 0.1) is 11.2 Å². The maximum Gasteiger partial charge on any atom is 0.318 e. The van der Waals surface area contributed by atoms with Crippen molar-refractivity contribution in [3.05, 3.63) is 47.3 Å². The number of halogens is 1. The lowest BCUT2D eigenvalue weighted by atomic mass is 9.81. The summed E-state index contributed by atoms with van der Waals surface area (Å²) in [7, 11) is 1.72. The number of nitrogens with zero attached hydrogens (tertiary/aromatic N) is 4. The molecule has 1 fully saturated rings. The highest BCUT2D eigenvalue weighted by Gasteiger charge is 2.27. The molecule has 3 aromatic carbocycles. The molecule has 1 aliphatic heterocycles. The second kappa shape index (κ2) is 15.9. The number of hydrogen-bond donors (Lipinski definition) is 3. The van der Waals surface area contributed by atoms with Crippen molar-refractivity contribution in [3.63, 3.8) is 0 Å². The molecular formula is C39H53FN6O2. The number of aliphatic imine (C=N–C) groups is 1. The number of aromatic nitrogens is 2. The molecule has 0 radical (unpaired) electrons. The number of benzene rings is 3. The molecule has 0 amide bonds. The molecule has 1 atom stereocenters. The first-order valence-corrected chi connectivity index (χ1v) is 17.8. The van der Waals surface area contributed by atoms with E-state index in [4.69, 9.17) is 20.4 Å². The number of rotatable bonds is 14. The smallest absolute Gasteiger partial charge is 0.318 e. The number of nitrogens with one attached hydrogen (secondary N) is 1. The van der Waals surface area contributed by atoms with Crippen molar-refractivity contribution in [1.29, 1.82) is 0 Å². The van der Waals surface area contributed by atoms with E-state index in [2.05, 4.69) is 36.0 Å². The maximum absolute atomic E-state index is 15.2. The number of nitrogen functional groups attached to an aromatic ring is 1. The molecule has 4 aromatic rings. The molecule has 0 aliphatic carbocycles. The summed E-state index contributed by atoms with van der Waals surface area (Å²) in [6.45, 7) is 12.6. The van der Waals surface area contributed by atoms with E-state index in [1.807, 2.05) is 13.0 Å². The SMILES string of the molecule is CCCCCC(C)(CCCC)COc1nc(N2CCCNCC2)c2c(C=NC)c(N)c(-c3cc(O)cc4ccc(F)c(CC)c34)cc2n1. The third-order valence-electron chi connectivity index (χ3n) is 9.79. The average Bonchev–Trinajstić information content (AvgIpc) is 3.37. The first-order valence-electron chi connectivity index (χ1n) is 17.8. The van der Waals surface area contributed by atoms with Crippen LogP contribution in [0.15, 0.2) is 35.3 Å². The van der Waals surface area contributed by atoms with Crippen molar-refractivity contribution in [2.24, 2.45) is 10.4 Å². The summed E-state index contributed by atoms with van der Waals surface area (Å²) in [6, 6.07) is 8.78. The van der Waals surface area contributed by atoms with Crippen LogP contribution in [0.4, 0.5) is 15.9 Å². The van der Waals surface area contributed by atoms with Gasteiger partial charge in [-0.05, 0) is 78.4 Å². The van der Waals surface area contributed by atoms with Crippen molar-refractivity contribution in [1.82, 2.24) is 15.3 Å². The number of anilines is 2. The molecule has 1 aromatic heterocycles. The van der Waals surface area contributed by atoms with Crippen molar-refractivity contribution < 1.29 is 14.2 Å². The Kier molecular flexibility index (Phi) is 11.7. The molecule has 2 heterocycles. The van der Waals surface area contributed by atoms with E-state index in [9.17, 15) is 5.11 Å². The molecule has 48 heavy (non-hydrogen) atoms. The number of aromatic hydroxyl groups is 1. The predicted octanol–water partition coefficient (Wildman–Crippen LogP) is 8.44. The number of ether oxygens (including phenoxy) is 1. The van der Waals surface area contributed by atoms with Gasteiger partial charge in [-0.25, -0.2) is 4.39 Å². The lowest BCUT2D eigenvalue weighted by Crippen LogP contribution is -2.30. The van der Waals surface area contributed by atoms with Gasteiger partial charge in [0.1, 0.15) is 17.4 Å². The first-order chi connectivity index (χ1) is 23.2. The number of nitrogens with two attached hydrogens (primary N) is 1. The Morgan fingerprint density at radius 3 is 2.56 bits per heavy atom. The number of aryl methyl sites for hydroxylation is 1. The van der Waals surface area contributed by atoms with E-state index in [0.29, 0.717) is 52.5 Å². The Balaban J connectivity index is 1.73. The fourth-order valence-corrected chi connectivity index (χ4v) is 7.11. The number of phenolic OH excluding ortho intramolecular Hbond substituents is 1. The highest BCUT2D eigenvalue weighted by atomic mass is 19.1. The lowest BCUT2D eigenvalue weighted by Gasteiger charge is -2.30. The van der Waals surface area contributed by atoms with Crippen LogP contribution in [0.1, 0.15) is 90.2 Å². The molecule has 4 N–H and O–H groups in total. The van der Waals surface area contributed by atoms with Crippen molar-refractivity contribution >= 4 is 39.4 Å². The molecule has 0 spiro atoms. The summed E-state index contributed by atoms with van der Waals surface area (Å²) in [5.41, 5.74) is 10.8. The fourth-order valence-electron chi connectivity index (χ4n) is 7.11. The van der Waals surface area contributed by atoms with Crippen molar-refractivity contribution in [2.45, 2.75) is 85.5 Å². The van der Waals surface area contributed by atoms with Gasteiger partial charge in [-0.3, -0.25) is 4.99 Å². The van der Waals surface area contributed by atoms with E-state index in [-0.39, 0.29) is 17.0 Å². The van der Waals surface area contributed by atoms with Crippen LogP contribution in [0.25, 0.3) is 32.8 Å². The van der Waals surface area contributed by atoms with Gasteiger partial charge in [-0.1, -0.05) is 65.9 Å². The minimum absolute atomic E-state index is 0.0175. The van der Waals surface area contributed by atoms with Gasteiger partial charge in [0.25, 0.3) is 0 Å². The number of phenols is 1. The third kappa shape index (κ3) is 7.67. The van der Waals surface area contributed by atoms with Crippen molar-refractivity contribution in [2.75, 3.05) is 50.5 Å². The largest absolute Gasteiger partial charge is 0.508 e. The molecule has 8 nitrogen and oxygen atoms in total. The Morgan fingerprint density at radius 1 is 1.02 bits per heavy atom. The Labute approximate surface area is 285 Å². The molecule has 5 rings (SSSR count). The summed E-state index contributed by atoms with van der Waals surface area (Å²) in [6.07, 6.45) is 11.3. The van der Waals surface area contributed by atoms with Gasteiger partial charge >= 0.3 is 6.01 Å². The molecule has 9 heteroatoms. The van der Waals surface area contributed by atoms with Crippen LogP contribution in [0.2, 0.25) is 0 Å². The topological polar surface area (TPSA) is 109 Å². The number of unbranched alkanes of at least 4 members (excludes halogenated alkanes) is 3. The van der Waals surface area contributed by atoms with Gasteiger partial charge < -0.3 is 25.8 Å². The van der Waals surface area contributed by atoms with Gasteiger partial charge in [0.15, 0.2) is 0 Å². The highest BCUT2D eigenvalue weighted by Crippen LogP contribution is 2.43. The molecule has 1 unspecified atom stereocenters. The Bertz CT molecular complexity index is 1750. The number of fused-ring (bicyclic) bond motifs is 2. The molecule has 0 saturated carbocycles. The van der Waals surface area contributed by atoms with Gasteiger partial charge in [0.05, 0.1) is 17.5 Å². The first kappa shape index (κ1) is 35.3. The average molecular weight is 657 g/mol. The second-order valence-corrected chi connectivity index (χ2v) is 13.6. The zero-order chi connectivity index (χ0) is 34.3. The quantitative estimate of drug-likeness (QED) is 0.0710. The Hall–Kier alpha value is -3.98. The Morgan fingerprint density at radius 2 is 1.81 bits per heavy atom. The summed E-state index contributed by atoms with van der Waals surface area (Å²) in [5, 5.41) is 16.6. The highest BCUT2D eigenvalue weighted by molar-refractivity contribution is 6.14. The van der Waals surface area contributed by atoms with Gasteiger partial charge in [0.2, 0.25) is 0 Å². The zero-order valence-corrected chi connectivity index (χ0v) is 29.5. The fraction of sp³-hybridized carbons (Fsp3) is 0.513. The predicted molar refractivity (Wildman–Crippen MR) is 198 cm³/mol. The van der Waals surface area contributed by atoms with E-state index in [1.165, 1.54) is 25.3 Å². The molecule has 258 valence electrons. The van der Waals surface area contributed by atoms with Crippen LogP contribution in [-0.4, -0.2) is 61.1 Å². The van der Waals surface area contributed by atoms with Gasteiger partial charge in [0, 0.05) is 55.1 Å². The monoisotopic (exact) mass is 656 g/mol. The molecular weight excluding hydrogens is 603 g/mol. The van der Waals surface area contributed by atoms with Crippen LogP contribution < -0.4 is 20.7 Å². The van der Waals surface area contributed by atoms with Crippen molar-refractivity contribution in [3.8, 4) is 22.9 Å². The molecule has 1 saturated heterocycles. The minimum Gasteiger partial charge on any atom is -0.508 e. The van der Waals surface area contributed by atoms with E-state index in [0.717, 1.165) is 80.3 Å². The van der Waals surface area contributed by atoms with Crippen LogP contribution in [-0.2, 0) is 6.42 Å². The minimum atomic E-state index is -0.285. The summed E-state index contributed by atoms with van der Waals surface area (Å²) in [4.78, 5) is 16.8. The summed E-state index contributed by atoms with van der Waals surface area (Å²) >= 11 is 0. The third-order valence-corrected chi connectivity index (χ3v) is 9.79. The van der Waals surface area contributed by atoms with Crippen LogP contribution in [0.3, 0.4) is 0 Å². The van der Waals surface area contributed by atoms with Crippen LogP contribution >= 0.6 is 0 Å². The van der Waals surface area contributed by atoms with Gasteiger partial charge in [-0.2, -0.15) is 9.97 Å². The summed E-state index contributed by atoms with van der Waals surface area (Å²) in [5.74, 6) is 0.566. The lowest BCUT2D eigenvalue weighted by molar-refractivity contribution is 0.126. The number of hydrogen-bond acceptors (Lipinski definition) is 8. The van der Waals surface area contributed by atoms with Gasteiger partial charge in [-0.15, -0.1) is 0 Å². The van der Waals surface area contributed by atoms with E-state index >= 15 is 4.39 Å². The standard InChI is InChI=1S/C39H53FN6O2/c1-6-9-11-16-39(4,15-10-7-2)25-48-38-44-33-23-30(29-22-27(47)21-26-13-14-32(40)28(8-3)34(26)29)36(41)31(24-42-5)35(33)37(45-38)46-19-12-17-43-18-20-46/h13-14,21-24,43,47H,6-12,15-20,25,41H2,1-5H3. The van der Waals surface area contributed by atoms with E-state index in [1.54, 1.807) is 31.5 Å².